The molecule has 8 heteroatoms. The Labute approximate surface area is 221 Å². The highest BCUT2D eigenvalue weighted by Crippen LogP contribution is 2.39. The van der Waals surface area contributed by atoms with Gasteiger partial charge in [0.05, 0.1) is 18.6 Å². The molecule has 1 atom stereocenters. The van der Waals surface area contributed by atoms with E-state index in [9.17, 15) is 9.59 Å². The number of hydrogen-bond acceptors (Lipinski definition) is 6. The Morgan fingerprint density at radius 1 is 1.06 bits per heavy atom. The third-order valence-electron chi connectivity index (χ3n) is 6.68. The van der Waals surface area contributed by atoms with Crippen LogP contribution in [0.4, 0.5) is 0 Å². The normalized spacial score (nSPS) is 19.7. The molecule has 0 radical (unpaired) electrons. The molecule has 0 N–H and O–H groups in total. The topological polar surface area (TPSA) is 71.1 Å². The highest BCUT2D eigenvalue weighted by molar-refractivity contribution is 14.1. The second kappa shape index (κ2) is 11.1. The highest BCUT2D eigenvalue weighted by Gasteiger charge is 2.39. The van der Waals surface area contributed by atoms with Crippen molar-refractivity contribution in [2.75, 3.05) is 7.11 Å². The van der Waals surface area contributed by atoms with Crippen molar-refractivity contribution in [3.8, 4) is 11.5 Å². The van der Waals surface area contributed by atoms with Crippen molar-refractivity contribution in [3.63, 3.8) is 0 Å². The monoisotopic (exact) mass is 606 g/mol. The van der Waals surface area contributed by atoms with E-state index in [4.69, 9.17) is 17.3 Å². The molecule has 0 saturated heterocycles. The smallest absolute Gasteiger partial charge is 0.351 e. The molecule has 4 rings (SSSR count). The molecule has 1 aliphatic rings. The number of esters is 1. The Morgan fingerprint density at radius 3 is 2.49 bits per heavy atom. The Balaban J connectivity index is 1.38. The predicted molar refractivity (Wildman–Crippen MR) is 147 cm³/mol. The van der Waals surface area contributed by atoms with Gasteiger partial charge in [-0.3, -0.25) is 4.79 Å². The number of fused-ring (bicyclic) bond motifs is 1. The fourth-order valence-corrected chi connectivity index (χ4v) is 5.05. The minimum absolute atomic E-state index is 0.0647. The Morgan fingerprint density at radius 2 is 1.77 bits per heavy atom. The first-order valence-electron chi connectivity index (χ1n) is 11.5. The third-order valence-corrected chi connectivity index (χ3v) is 7.53. The summed E-state index contributed by atoms with van der Waals surface area (Å²) < 4.78 is 22.1. The lowest BCUT2D eigenvalue weighted by Crippen LogP contribution is -2.37. The van der Waals surface area contributed by atoms with E-state index in [0.29, 0.717) is 42.7 Å². The summed E-state index contributed by atoms with van der Waals surface area (Å²) in [5.41, 5.74) is 0.760. The van der Waals surface area contributed by atoms with Crippen molar-refractivity contribution in [1.29, 1.82) is 0 Å². The molecule has 1 fully saturated rings. The lowest BCUT2D eigenvalue weighted by Gasteiger charge is -2.35. The van der Waals surface area contributed by atoms with Crippen molar-refractivity contribution < 1.29 is 26.9 Å². The van der Waals surface area contributed by atoms with Crippen molar-refractivity contribution in [2.45, 2.75) is 45.3 Å². The van der Waals surface area contributed by atoms with Crippen LogP contribution in [0.3, 0.4) is 0 Å². The van der Waals surface area contributed by atoms with Crippen LogP contribution < -0.4 is 14.8 Å². The van der Waals surface area contributed by atoms with Crippen LogP contribution in [0.5, 0.6) is 11.5 Å². The van der Waals surface area contributed by atoms with Crippen LogP contribution in [0.2, 0.25) is 0 Å². The minimum Gasteiger partial charge on any atom is -0.496 e. The molecule has 0 aliphatic heterocycles. The Kier molecular flexibility index (Phi) is 8.17. The van der Waals surface area contributed by atoms with Gasteiger partial charge in [0.25, 0.3) is 0 Å². The fourth-order valence-electron chi connectivity index (χ4n) is 4.51. The molecule has 1 saturated carbocycles. The highest BCUT2D eigenvalue weighted by atomic mass is 127. The molecule has 0 aromatic heterocycles. The van der Waals surface area contributed by atoms with E-state index >= 15 is 0 Å². The lowest BCUT2D eigenvalue weighted by atomic mass is 9.74. The molecule has 6 nitrogen and oxygen atoms in total. The first-order valence-corrected chi connectivity index (χ1v) is 12.9. The van der Waals surface area contributed by atoms with Crippen molar-refractivity contribution in [2.24, 2.45) is 5.41 Å². The Hall–Kier alpha value is -2.38. The van der Waals surface area contributed by atoms with Gasteiger partial charge in [-0.2, -0.15) is 0 Å². The Bertz CT molecular complexity index is 1230. The molecule has 1 unspecified atom stereocenters. The van der Waals surface area contributed by atoms with Gasteiger partial charge in [-0.1, -0.05) is 42.5 Å². The summed E-state index contributed by atoms with van der Waals surface area (Å²) in [6, 6.07) is 17.5. The van der Waals surface area contributed by atoms with Gasteiger partial charge in [-0.15, -0.1) is 9.24 Å². The van der Waals surface area contributed by atoms with Crippen molar-refractivity contribution in [3.05, 3.63) is 65.7 Å². The number of methoxy groups -OCH3 is 1. The van der Waals surface area contributed by atoms with Crippen LogP contribution in [0.1, 0.15) is 48.5 Å². The average Bonchev–Trinajstić information content (AvgIpc) is 2.88. The van der Waals surface area contributed by atoms with Gasteiger partial charge < -0.3 is 17.3 Å². The molecule has 0 amide bonds. The largest absolute Gasteiger partial charge is 0.496 e. The number of rotatable bonds is 7. The summed E-state index contributed by atoms with van der Waals surface area (Å²) in [7, 11) is 4.12. The van der Waals surface area contributed by atoms with Crippen LogP contribution in [0, 0.1) is 5.41 Å². The van der Waals surface area contributed by atoms with Crippen molar-refractivity contribution in [1.82, 2.24) is 0 Å². The fraction of sp³-hybridized carbons (Fsp3) is 0.333. The van der Waals surface area contributed by atoms with Gasteiger partial charge in [0.1, 0.15) is 23.7 Å². The standard InChI is InChI=1S/C27H28IO6P/c1-27(26(30)32-16-18-8-5-7-17-6-3-4-9-20(17)18)12-10-19(11-13-27)33-23-14-21(25(29)34-28)22(31-2)15-24(23)35/h3-9,14-15,19H,10-13,16,35H2,1-2H3/t19-,27+. The molecule has 3 aromatic rings. The third kappa shape index (κ3) is 5.72. The molecule has 0 bridgehead atoms. The molecule has 35 heavy (non-hydrogen) atoms. The number of halogens is 1. The SMILES string of the molecule is COc1cc(P)c(O[C@H]2CC[C@@](C)(C(=O)OCc3cccc4ccccc34)CC2)cc1C(=O)OI. The minimum atomic E-state index is -0.551. The van der Waals surface area contributed by atoms with Crippen molar-refractivity contribution >= 4 is 60.3 Å². The molecule has 3 aromatic carbocycles. The maximum absolute atomic E-state index is 13.0. The summed E-state index contributed by atoms with van der Waals surface area (Å²) in [6.45, 7) is 2.23. The molecular formula is C27H28IO6P. The van der Waals surface area contributed by atoms with E-state index < -0.39 is 11.4 Å². The molecule has 1 aliphatic carbocycles. The van der Waals surface area contributed by atoms with Crippen LogP contribution in [0.15, 0.2) is 54.6 Å². The van der Waals surface area contributed by atoms with E-state index in [-0.39, 0.29) is 18.7 Å². The van der Waals surface area contributed by atoms with Gasteiger partial charge in [0, 0.05) is 5.30 Å². The zero-order valence-electron chi connectivity index (χ0n) is 19.7. The van der Waals surface area contributed by atoms with Gasteiger partial charge in [0.2, 0.25) is 0 Å². The first-order chi connectivity index (χ1) is 16.8. The molecule has 0 heterocycles. The summed E-state index contributed by atoms with van der Waals surface area (Å²) >= 11 is 1.55. The zero-order valence-corrected chi connectivity index (χ0v) is 23.0. The van der Waals surface area contributed by atoms with Gasteiger partial charge in [-0.25, -0.2) is 4.79 Å². The number of carbonyl (C=O) groups excluding carboxylic acids is 2. The summed E-state index contributed by atoms with van der Waals surface area (Å²) in [5, 5.41) is 3.02. The van der Waals surface area contributed by atoms with E-state index in [1.165, 1.54) is 7.11 Å². The zero-order chi connectivity index (χ0) is 25.0. The molecular weight excluding hydrogens is 578 g/mol. The second-order valence-corrected chi connectivity index (χ2v) is 10.1. The van der Waals surface area contributed by atoms with E-state index in [1.807, 2.05) is 37.3 Å². The van der Waals surface area contributed by atoms with E-state index in [1.54, 1.807) is 35.1 Å². The predicted octanol–water partition coefficient (Wildman–Crippen LogP) is 5.93. The number of hydrogen-bond donors (Lipinski definition) is 0. The van der Waals surface area contributed by atoms with Crippen LogP contribution in [0.25, 0.3) is 10.8 Å². The van der Waals surface area contributed by atoms with E-state index in [2.05, 4.69) is 21.4 Å². The second-order valence-electron chi connectivity index (χ2n) is 9.05. The van der Waals surface area contributed by atoms with Crippen LogP contribution in [-0.4, -0.2) is 25.2 Å². The average molecular weight is 606 g/mol. The van der Waals surface area contributed by atoms with Crippen LogP contribution >= 0.6 is 32.2 Å². The number of carbonyl (C=O) groups is 2. The number of ether oxygens (including phenoxy) is 3. The maximum atomic E-state index is 13.0. The summed E-state index contributed by atoms with van der Waals surface area (Å²) in [5.74, 6) is 0.337. The maximum Gasteiger partial charge on any atom is 0.351 e. The van der Waals surface area contributed by atoms with Gasteiger partial charge in [0.15, 0.2) is 23.0 Å². The first kappa shape index (κ1) is 25.7. The molecule has 184 valence electrons. The van der Waals surface area contributed by atoms with Gasteiger partial charge in [-0.05, 0) is 61.1 Å². The van der Waals surface area contributed by atoms with Crippen LogP contribution in [-0.2, 0) is 19.2 Å². The van der Waals surface area contributed by atoms with Gasteiger partial charge >= 0.3 is 11.9 Å². The molecule has 0 spiro atoms. The summed E-state index contributed by atoms with van der Waals surface area (Å²) in [6.07, 6.45) is 2.68. The van der Waals surface area contributed by atoms with E-state index in [0.717, 1.165) is 21.6 Å². The summed E-state index contributed by atoms with van der Waals surface area (Å²) in [4.78, 5) is 25.2. The lowest BCUT2D eigenvalue weighted by molar-refractivity contribution is -0.159. The number of benzene rings is 3. The quantitative estimate of drug-likeness (QED) is 0.189.